The lowest BCUT2D eigenvalue weighted by atomic mass is 10.2. The molecule has 0 saturated carbocycles. The number of nitrogen functional groups attached to an aromatic ring is 1. The van der Waals surface area contributed by atoms with E-state index in [4.69, 9.17) is 5.73 Å². The number of rotatable bonds is 7. The van der Waals surface area contributed by atoms with E-state index in [-0.39, 0.29) is 10.9 Å². The molecule has 0 aliphatic rings. The zero-order valence-corrected chi connectivity index (χ0v) is 14.0. The van der Waals surface area contributed by atoms with Crippen LogP contribution in [0.2, 0.25) is 0 Å². The highest BCUT2D eigenvalue weighted by atomic mass is 32.2. The van der Waals surface area contributed by atoms with Crippen LogP contribution in [0, 0.1) is 0 Å². The van der Waals surface area contributed by atoms with Crippen molar-refractivity contribution in [1.82, 2.24) is 4.72 Å². The van der Waals surface area contributed by atoms with Gasteiger partial charge in [0.1, 0.15) is 4.90 Å². The highest BCUT2D eigenvalue weighted by Crippen LogP contribution is 2.29. The maximum absolute atomic E-state index is 12.1. The first kappa shape index (κ1) is 17.1. The van der Waals surface area contributed by atoms with Crippen LogP contribution in [0.4, 0.5) is 11.4 Å². The van der Waals surface area contributed by atoms with Gasteiger partial charge in [0.2, 0.25) is 10.0 Å². The second-order valence-electron chi connectivity index (χ2n) is 4.56. The van der Waals surface area contributed by atoms with E-state index in [1.54, 1.807) is 23.9 Å². The van der Waals surface area contributed by atoms with Crippen LogP contribution in [0.15, 0.2) is 23.1 Å². The Morgan fingerprint density at radius 3 is 2.60 bits per heavy atom. The third-order valence-electron chi connectivity index (χ3n) is 3.30. The first-order chi connectivity index (χ1) is 9.37. The molecule has 20 heavy (non-hydrogen) atoms. The molecule has 0 saturated heterocycles. The number of benzene rings is 1. The SMILES string of the molecule is CCC(CSC)N(C)c1ccc(N)cc1S(=O)(=O)NC. The molecule has 7 heteroatoms. The molecule has 1 rings (SSSR count). The van der Waals surface area contributed by atoms with Gasteiger partial charge in [-0.1, -0.05) is 6.92 Å². The van der Waals surface area contributed by atoms with E-state index in [1.165, 1.54) is 13.1 Å². The van der Waals surface area contributed by atoms with Crippen LogP contribution in [0.3, 0.4) is 0 Å². The fourth-order valence-electron chi connectivity index (χ4n) is 2.04. The summed E-state index contributed by atoms with van der Waals surface area (Å²) >= 11 is 1.75. The third-order valence-corrected chi connectivity index (χ3v) is 5.46. The van der Waals surface area contributed by atoms with E-state index < -0.39 is 10.0 Å². The maximum atomic E-state index is 12.1. The molecule has 1 atom stereocenters. The molecule has 0 radical (unpaired) electrons. The molecule has 1 aromatic rings. The molecule has 0 heterocycles. The van der Waals surface area contributed by atoms with Gasteiger partial charge in [-0.25, -0.2) is 13.1 Å². The van der Waals surface area contributed by atoms with E-state index in [2.05, 4.69) is 11.6 Å². The molecule has 1 unspecified atom stereocenters. The van der Waals surface area contributed by atoms with Gasteiger partial charge in [0, 0.05) is 24.5 Å². The largest absolute Gasteiger partial charge is 0.399 e. The Bertz CT molecular complexity index is 547. The number of sulfonamides is 1. The summed E-state index contributed by atoms with van der Waals surface area (Å²) in [6, 6.07) is 5.28. The number of anilines is 2. The summed E-state index contributed by atoms with van der Waals surface area (Å²) in [6.07, 6.45) is 2.99. The normalized spacial score (nSPS) is 13.2. The van der Waals surface area contributed by atoms with Crippen LogP contribution < -0.4 is 15.4 Å². The summed E-state index contributed by atoms with van der Waals surface area (Å²) in [5.41, 5.74) is 6.85. The highest BCUT2D eigenvalue weighted by Gasteiger charge is 2.22. The van der Waals surface area contributed by atoms with Crippen LogP contribution in [0.5, 0.6) is 0 Å². The average Bonchev–Trinajstić information content (AvgIpc) is 2.44. The van der Waals surface area contributed by atoms with Gasteiger partial charge in [0.25, 0.3) is 0 Å². The fraction of sp³-hybridized carbons (Fsp3) is 0.538. The minimum atomic E-state index is -3.53. The van der Waals surface area contributed by atoms with Crippen molar-refractivity contribution in [1.29, 1.82) is 0 Å². The minimum absolute atomic E-state index is 0.224. The number of nitrogens with one attached hydrogen (secondary N) is 1. The summed E-state index contributed by atoms with van der Waals surface area (Å²) in [4.78, 5) is 2.24. The Morgan fingerprint density at radius 1 is 1.45 bits per heavy atom. The van der Waals surface area contributed by atoms with Crippen LogP contribution in [0.25, 0.3) is 0 Å². The molecule has 0 amide bonds. The quantitative estimate of drug-likeness (QED) is 0.750. The van der Waals surface area contributed by atoms with Crippen LogP contribution in [-0.4, -0.2) is 40.6 Å². The standard InChI is InChI=1S/C13H23N3O2S2/c1-5-11(9-19-4)16(3)12-7-6-10(14)8-13(12)20(17,18)15-2/h6-8,11,15H,5,9,14H2,1-4H3. The third kappa shape index (κ3) is 3.80. The first-order valence-electron chi connectivity index (χ1n) is 6.42. The average molecular weight is 317 g/mol. The summed E-state index contributed by atoms with van der Waals surface area (Å²) in [5.74, 6) is 0.941. The van der Waals surface area contributed by atoms with E-state index in [0.29, 0.717) is 11.4 Å². The van der Waals surface area contributed by atoms with Crippen molar-refractivity contribution in [2.75, 3.05) is 36.7 Å². The van der Waals surface area contributed by atoms with Gasteiger partial charge >= 0.3 is 0 Å². The summed E-state index contributed by atoms with van der Waals surface area (Å²) in [5, 5.41) is 0. The number of nitrogens with two attached hydrogens (primary N) is 1. The Kier molecular flexibility index (Phi) is 6.16. The summed E-state index contributed by atoms with van der Waals surface area (Å²) in [7, 11) is -0.206. The Labute approximate surface area is 126 Å². The molecule has 0 spiro atoms. The predicted molar refractivity (Wildman–Crippen MR) is 88.0 cm³/mol. The highest BCUT2D eigenvalue weighted by molar-refractivity contribution is 7.98. The van der Waals surface area contributed by atoms with Gasteiger partial charge in [-0.15, -0.1) is 0 Å². The van der Waals surface area contributed by atoms with Gasteiger partial charge in [-0.3, -0.25) is 0 Å². The molecule has 0 bridgehead atoms. The van der Waals surface area contributed by atoms with E-state index in [9.17, 15) is 8.42 Å². The van der Waals surface area contributed by atoms with Crippen molar-refractivity contribution < 1.29 is 8.42 Å². The molecule has 0 aromatic heterocycles. The molecule has 0 aliphatic carbocycles. The molecule has 5 nitrogen and oxygen atoms in total. The number of hydrogen-bond donors (Lipinski definition) is 2. The topological polar surface area (TPSA) is 75.4 Å². The number of thioether (sulfide) groups is 1. The van der Waals surface area contributed by atoms with Crippen molar-refractivity contribution in [3.05, 3.63) is 18.2 Å². The molecular formula is C13H23N3O2S2. The lowest BCUT2D eigenvalue weighted by molar-refractivity contribution is 0.587. The van der Waals surface area contributed by atoms with Crippen molar-refractivity contribution in [3.8, 4) is 0 Å². The fourth-order valence-corrected chi connectivity index (χ4v) is 3.88. The molecule has 0 aliphatic heterocycles. The van der Waals surface area contributed by atoms with E-state index in [0.717, 1.165) is 12.2 Å². The van der Waals surface area contributed by atoms with E-state index in [1.807, 2.05) is 18.2 Å². The first-order valence-corrected chi connectivity index (χ1v) is 9.29. The zero-order valence-electron chi connectivity index (χ0n) is 12.4. The minimum Gasteiger partial charge on any atom is -0.399 e. The lowest BCUT2D eigenvalue weighted by Gasteiger charge is -2.30. The predicted octanol–water partition coefficient (Wildman–Crippen LogP) is 1.75. The smallest absolute Gasteiger partial charge is 0.242 e. The van der Waals surface area contributed by atoms with Crippen LogP contribution >= 0.6 is 11.8 Å². The van der Waals surface area contributed by atoms with Crippen molar-refractivity contribution in [3.63, 3.8) is 0 Å². The van der Waals surface area contributed by atoms with Gasteiger partial charge < -0.3 is 10.6 Å². The Hall–Kier alpha value is -0.920. The monoisotopic (exact) mass is 317 g/mol. The van der Waals surface area contributed by atoms with Crippen LogP contribution in [-0.2, 0) is 10.0 Å². The van der Waals surface area contributed by atoms with Gasteiger partial charge in [0.15, 0.2) is 0 Å². The zero-order chi connectivity index (χ0) is 15.3. The van der Waals surface area contributed by atoms with Gasteiger partial charge in [0.05, 0.1) is 5.69 Å². The summed E-state index contributed by atoms with van der Waals surface area (Å²) in [6.45, 7) is 2.10. The Morgan fingerprint density at radius 2 is 2.10 bits per heavy atom. The van der Waals surface area contributed by atoms with Crippen molar-refractivity contribution >= 4 is 33.2 Å². The number of hydrogen-bond acceptors (Lipinski definition) is 5. The summed E-state index contributed by atoms with van der Waals surface area (Å²) < 4.78 is 26.7. The van der Waals surface area contributed by atoms with Gasteiger partial charge in [-0.2, -0.15) is 11.8 Å². The molecule has 3 N–H and O–H groups in total. The molecule has 0 fully saturated rings. The second kappa shape index (κ2) is 7.19. The maximum Gasteiger partial charge on any atom is 0.242 e. The lowest BCUT2D eigenvalue weighted by Crippen LogP contribution is -2.35. The van der Waals surface area contributed by atoms with E-state index >= 15 is 0 Å². The molecule has 114 valence electrons. The number of nitrogens with zero attached hydrogens (tertiary/aromatic N) is 1. The van der Waals surface area contributed by atoms with Crippen LogP contribution in [0.1, 0.15) is 13.3 Å². The van der Waals surface area contributed by atoms with Crippen molar-refractivity contribution in [2.24, 2.45) is 0 Å². The molecular weight excluding hydrogens is 294 g/mol. The molecule has 1 aromatic carbocycles. The van der Waals surface area contributed by atoms with Gasteiger partial charge in [-0.05, 0) is 37.9 Å². The second-order valence-corrected chi connectivity index (χ2v) is 7.33. The van der Waals surface area contributed by atoms with Crippen molar-refractivity contribution in [2.45, 2.75) is 24.3 Å². The Balaban J connectivity index is 3.30.